The summed E-state index contributed by atoms with van der Waals surface area (Å²) in [5, 5.41) is 1.53. The van der Waals surface area contributed by atoms with Crippen molar-refractivity contribution >= 4 is 27.3 Å². The van der Waals surface area contributed by atoms with Gasteiger partial charge in [-0.25, -0.2) is 17.9 Å². The fourth-order valence-corrected chi connectivity index (χ4v) is 4.67. The molecule has 0 bridgehead atoms. The van der Waals surface area contributed by atoms with Crippen LogP contribution in [0.2, 0.25) is 0 Å². The molecule has 1 aromatic heterocycles. The van der Waals surface area contributed by atoms with Crippen LogP contribution < -0.4 is 10.5 Å². The molecule has 3 N–H and O–H groups in total. The smallest absolute Gasteiger partial charge is 0.349 e. The van der Waals surface area contributed by atoms with Gasteiger partial charge in [-0.2, -0.15) is 0 Å². The number of hydrogen-bond acceptors (Lipinski definition) is 6. The molecular formula is C17H22N2O4S2. The van der Waals surface area contributed by atoms with Gasteiger partial charge in [0.25, 0.3) is 0 Å². The second-order valence-corrected chi connectivity index (χ2v) is 8.54. The van der Waals surface area contributed by atoms with E-state index in [4.69, 9.17) is 5.73 Å². The number of thiophene rings is 1. The third kappa shape index (κ3) is 4.66. The molecule has 0 amide bonds. The summed E-state index contributed by atoms with van der Waals surface area (Å²) in [6.07, 6.45) is 0. The number of benzene rings is 1. The zero-order valence-corrected chi connectivity index (χ0v) is 16.0. The molecule has 2 rings (SSSR count). The summed E-state index contributed by atoms with van der Waals surface area (Å²) in [5.41, 5.74) is 8.12. The number of carbonyl (C=O) groups excluding carboxylic acids is 1. The van der Waals surface area contributed by atoms with Crippen LogP contribution in [0.1, 0.15) is 46.6 Å². The number of nitrogens with one attached hydrogen (secondary N) is 1. The third-order valence-corrected chi connectivity index (χ3v) is 6.30. The average molecular weight is 383 g/mol. The van der Waals surface area contributed by atoms with Gasteiger partial charge < -0.3 is 10.5 Å². The van der Waals surface area contributed by atoms with E-state index in [1.54, 1.807) is 0 Å². The molecule has 6 nitrogen and oxygen atoms in total. The standard InChI is InChI=1S/C17H22N2O4S2/c1-11(2)12-4-6-13(7-5-12)14(18)10-19-25(21,22)15-8-9-24-16(15)17(20)23-3/h4-9,11,14,19H,10,18H2,1-3H3. The molecule has 0 saturated carbocycles. The second kappa shape index (κ2) is 8.09. The molecular weight excluding hydrogens is 360 g/mol. The van der Waals surface area contributed by atoms with Crippen molar-refractivity contribution in [1.82, 2.24) is 4.72 Å². The molecule has 136 valence electrons. The van der Waals surface area contributed by atoms with Gasteiger partial charge in [0.1, 0.15) is 9.77 Å². The first-order chi connectivity index (χ1) is 11.8. The molecule has 0 aliphatic heterocycles. The molecule has 0 fully saturated rings. The Balaban J connectivity index is 2.09. The van der Waals surface area contributed by atoms with Crippen molar-refractivity contribution in [2.45, 2.75) is 30.7 Å². The molecule has 2 aromatic rings. The van der Waals surface area contributed by atoms with Crippen LogP contribution in [0.4, 0.5) is 0 Å². The van der Waals surface area contributed by atoms with E-state index in [1.807, 2.05) is 24.3 Å². The van der Waals surface area contributed by atoms with Crippen LogP contribution in [0.5, 0.6) is 0 Å². The fourth-order valence-electron chi connectivity index (χ4n) is 2.27. The first-order valence-corrected chi connectivity index (χ1v) is 10.1. The third-order valence-electron chi connectivity index (χ3n) is 3.81. The zero-order chi connectivity index (χ0) is 18.6. The van der Waals surface area contributed by atoms with E-state index in [2.05, 4.69) is 23.3 Å². The molecule has 25 heavy (non-hydrogen) atoms. The van der Waals surface area contributed by atoms with Gasteiger partial charge in [0, 0.05) is 12.6 Å². The summed E-state index contributed by atoms with van der Waals surface area (Å²) in [7, 11) is -2.64. The van der Waals surface area contributed by atoms with Crippen LogP contribution >= 0.6 is 11.3 Å². The van der Waals surface area contributed by atoms with Crippen molar-refractivity contribution in [1.29, 1.82) is 0 Å². The lowest BCUT2D eigenvalue weighted by molar-refractivity contribution is 0.0602. The summed E-state index contributed by atoms with van der Waals surface area (Å²) >= 11 is 1.02. The molecule has 1 unspecified atom stereocenters. The summed E-state index contributed by atoms with van der Waals surface area (Å²) in [5.74, 6) is -0.261. The van der Waals surface area contributed by atoms with E-state index in [9.17, 15) is 13.2 Å². The monoisotopic (exact) mass is 382 g/mol. The molecule has 0 spiro atoms. The van der Waals surface area contributed by atoms with Crippen LogP contribution in [0, 0.1) is 0 Å². The van der Waals surface area contributed by atoms with Crippen molar-refractivity contribution in [3.8, 4) is 0 Å². The van der Waals surface area contributed by atoms with Gasteiger partial charge in [-0.1, -0.05) is 38.1 Å². The summed E-state index contributed by atoms with van der Waals surface area (Å²) < 4.78 is 32.0. The van der Waals surface area contributed by atoms with Gasteiger partial charge in [-0.3, -0.25) is 0 Å². The number of esters is 1. The van der Waals surface area contributed by atoms with Crippen LogP contribution in [0.3, 0.4) is 0 Å². The van der Waals surface area contributed by atoms with Crippen molar-refractivity contribution in [2.24, 2.45) is 5.73 Å². The Morgan fingerprint density at radius 1 is 1.20 bits per heavy atom. The summed E-state index contributed by atoms with van der Waals surface area (Å²) in [4.78, 5) is 11.6. The lowest BCUT2D eigenvalue weighted by Gasteiger charge is -2.15. The topological polar surface area (TPSA) is 98.5 Å². The average Bonchev–Trinajstić information content (AvgIpc) is 3.10. The molecule has 0 radical (unpaired) electrons. The number of methoxy groups -OCH3 is 1. The predicted octanol–water partition coefficient (Wildman–Crippen LogP) is 2.64. The maximum absolute atomic E-state index is 12.4. The Morgan fingerprint density at radius 3 is 2.36 bits per heavy atom. The van der Waals surface area contributed by atoms with Gasteiger partial charge in [-0.05, 0) is 28.5 Å². The van der Waals surface area contributed by atoms with E-state index in [0.717, 1.165) is 16.9 Å². The minimum atomic E-state index is -3.85. The maximum Gasteiger partial charge on any atom is 0.349 e. The van der Waals surface area contributed by atoms with Gasteiger partial charge in [0.15, 0.2) is 0 Å². The first-order valence-electron chi connectivity index (χ1n) is 7.77. The van der Waals surface area contributed by atoms with Crippen molar-refractivity contribution in [3.05, 3.63) is 51.7 Å². The number of sulfonamides is 1. The second-order valence-electron chi connectivity index (χ2n) is 5.89. The Bertz CT molecular complexity index is 827. The first kappa shape index (κ1) is 19.6. The van der Waals surface area contributed by atoms with Gasteiger partial charge in [0.2, 0.25) is 10.0 Å². The number of hydrogen-bond donors (Lipinski definition) is 2. The minimum Gasteiger partial charge on any atom is -0.465 e. The number of ether oxygens (including phenoxy) is 1. The lowest BCUT2D eigenvalue weighted by atomic mass is 9.99. The molecule has 1 aromatic carbocycles. The molecule has 1 atom stereocenters. The predicted molar refractivity (Wildman–Crippen MR) is 98.3 cm³/mol. The highest BCUT2D eigenvalue weighted by atomic mass is 32.2. The number of nitrogens with two attached hydrogens (primary N) is 1. The quantitative estimate of drug-likeness (QED) is 0.717. The summed E-state index contributed by atoms with van der Waals surface area (Å²) in [6, 6.07) is 8.67. The summed E-state index contributed by atoms with van der Waals surface area (Å²) in [6.45, 7) is 4.23. The van der Waals surface area contributed by atoms with Crippen LogP contribution in [-0.4, -0.2) is 28.0 Å². The SMILES string of the molecule is COC(=O)c1sccc1S(=O)(=O)NCC(N)c1ccc(C(C)C)cc1. The Labute approximate surface area is 152 Å². The normalized spacial score (nSPS) is 13.0. The number of rotatable bonds is 7. The highest BCUT2D eigenvalue weighted by Gasteiger charge is 2.25. The van der Waals surface area contributed by atoms with Gasteiger partial charge in [0.05, 0.1) is 7.11 Å². The molecule has 8 heteroatoms. The number of carbonyl (C=O) groups is 1. The highest BCUT2D eigenvalue weighted by molar-refractivity contribution is 7.89. The highest BCUT2D eigenvalue weighted by Crippen LogP contribution is 2.23. The van der Waals surface area contributed by atoms with E-state index in [1.165, 1.54) is 24.1 Å². The largest absolute Gasteiger partial charge is 0.465 e. The van der Waals surface area contributed by atoms with Crippen molar-refractivity contribution in [3.63, 3.8) is 0 Å². The zero-order valence-electron chi connectivity index (χ0n) is 14.4. The fraction of sp³-hybridized carbons (Fsp3) is 0.353. The van der Waals surface area contributed by atoms with Crippen LogP contribution in [0.15, 0.2) is 40.6 Å². The Morgan fingerprint density at radius 2 is 1.80 bits per heavy atom. The van der Waals surface area contributed by atoms with Crippen molar-refractivity contribution in [2.75, 3.05) is 13.7 Å². The van der Waals surface area contributed by atoms with E-state index in [0.29, 0.717) is 5.92 Å². The van der Waals surface area contributed by atoms with Crippen LogP contribution in [-0.2, 0) is 14.8 Å². The van der Waals surface area contributed by atoms with E-state index >= 15 is 0 Å². The Kier molecular flexibility index (Phi) is 6.34. The van der Waals surface area contributed by atoms with Gasteiger partial charge in [-0.15, -0.1) is 11.3 Å². The molecule has 0 aliphatic rings. The van der Waals surface area contributed by atoms with Crippen molar-refractivity contribution < 1.29 is 17.9 Å². The molecule has 0 saturated heterocycles. The van der Waals surface area contributed by atoms with E-state index in [-0.39, 0.29) is 16.3 Å². The molecule has 0 aliphatic carbocycles. The molecule has 1 heterocycles. The maximum atomic E-state index is 12.4. The Hall–Kier alpha value is -1.74. The van der Waals surface area contributed by atoms with Crippen LogP contribution in [0.25, 0.3) is 0 Å². The lowest BCUT2D eigenvalue weighted by Crippen LogP contribution is -2.32. The van der Waals surface area contributed by atoms with Gasteiger partial charge >= 0.3 is 5.97 Å². The minimum absolute atomic E-state index is 0.0276. The van der Waals surface area contributed by atoms with E-state index < -0.39 is 22.0 Å².